The summed E-state index contributed by atoms with van der Waals surface area (Å²) < 4.78 is 0. The molecule has 0 rings (SSSR count). The maximum atomic E-state index is 2.27. The topological polar surface area (TPSA) is 0 Å². The van der Waals surface area contributed by atoms with Crippen LogP contribution in [-0.4, -0.2) is 16.3 Å². The van der Waals surface area contributed by atoms with Crippen LogP contribution in [0, 0.1) is 0 Å². The molecule has 0 aliphatic rings. The van der Waals surface area contributed by atoms with Gasteiger partial charge in [-0.3, -0.25) is 0 Å². The summed E-state index contributed by atoms with van der Waals surface area (Å²) in [5.41, 5.74) is 0. The van der Waals surface area contributed by atoms with Gasteiger partial charge in [-0.15, -0.1) is 30.1 Å². The Morgan fingerprint density at radius 1 is 0.818 bits per heavy atom. The summed E-state index contributed by atoms with van der Waals surface area (Å²) in [5, 5.41) is 1.51. The molecule has 0 aromatic heterocycles. The van der Waals surface area contributed by atoms with Crippen LogP contribution in [0.5, 0.6) is 0 Å². The van der Waals surface area contributed by atoms with Gasteiger partial charge in [-0.2, -0.15) is 0 Å². The third-order valence-electron chi connectivity index (χ3n) is 1.71. The second-order valence-corrected chi connectivity index (χ2v) is 3.77. The van der Waals surface area contributed by atoms with Crippen LogP contribution in [0.25, 0.3) is 0 Å². The van der Waals surface area contributed by atoms with E-state index in [4.69, 9.17) is 0 Å². The van der Waals surface area contributed by atoms with Crippen LogP contribution in [-0.2, 0) is 0 Å². The van der Waals surface area contributed by atoms with Crippen LogP contribution >= 0.6 is 24.8 Å². The highest BCUT2D eigenvalue weighted by atomic mass is 35.5. The first-order valence-electron chi connectivity index (χ1n) is 4.41. The number of rotatable bonds is 6. The van der Waals surface area contributed by atoms with E-state index in [1.54, 1.807) is 0 Å². The Kier molecular flexibility index (Phi) is 28.3. The first-order valence-corrected chi connectivity index (χ1v) is 5.83. The Hall–Kier alpha value is 1.11. The quantitative estimate of drug-likeness (QED) is 0.471. The van der Waals surface area contributed by atoms with E-state index in [1.165, 1.54) is 60.1 Å². The van der Waals surface area contributed by atoms with Crippen molar-refractivity contribution in [3.05, 3.63) is 0 Å². The van der Waals surface area contributed by atoms with E-state index in [1.807, 2.05) is 0 Å². The first-order chi connectivity index (χ1) is 4.41. The highest BCUT2D eigenvalue weighted by Gasteiger charge is 1.85. The highest BCUT2D eigenvalue weighted by Crippen LogP contribution is 2.05. The summed E-state index contributed by atoms with van der Waals surface area (Å²) in [6.07, 6.45) is 8.76. The van der Waals surface area contributed by atoms with Gasteiger partial charge in [-0.1, -0.05) is 45.4 Å². The summed E-state index contributed by atoms with van der Waals surface area (Å²) in [5.74, 6) is 0. The van der Waals surface area contributed by atoms with Crippen LogP contribution in [0.2, 0.25) is 5.28 Å². The number of halogens is 2. The molecule has 0 amide bonds. The molecule has 0 nitrogen and oxygen atoms in total. The molecule has 11 heavy (non-hydrogen) atoms. The normalized spacial score (nSPS) is 8.09. The van der Waals surface area contributed by atoms with Crippen molar-refractivity contribution in [1.29, 1.82) is 0 Å². The largest absolute Gasteiger partial charge is 0.211 e. The van der Waals surface area contributed by atoms with Gasteiger partial charge in [-0.25, -0.2) is 0 Å². The predicted molar refractivity (Wildman–Crippen MR) is 61.2 cm³/mol. The summed E-state index contributed by atoms with van der Waals surface area (Å²) in [4.78, 5) is 0. The Morgan fingerprint density at radius 3 is 1.73 bits per heavy atom. The van der Waals surface area contributed by atoms with Gasteiger partial charge in [0.1, 0.15) is 0 Å². The van der Waals surface area contributed by atoms with Crippen LogP contribution in [0.15, 0.2) is 0 Å². The summed E-state index contributed by atoms with van der Waals surface area (Å²) in [6, 6.07) is 0. The first kappa shape index (κ1) is 18.0. The third-order valence-corrected chi connectivity index (χ3v) is 2.41. The van der Waals surface area contributed by atoms with Gasteiger partial charge < -0.3 is 0 Å². The molecular formula is C8H21AlCl2. The average Bonchev–Trinajstić information content (AvgIpc) is 1.89. The molecule has 0 saturated heterocycles. The van der Waals surface area contributed by atoms with Crippen molar-refractivity contribution in [2.45, 2.75) is 50.7 Å². The van der Waals surface area contributed by atoms with Crippen molar-refractivity contribution in [3.8, 4) is 0 Å². The van der Waals surface area contributed by atoms with E-state index in [9.17, 15) is 0 Å². The molecule has 0 N–H and O–H groups in total. The standard InChI is InChI=1S/C8H17.Al.2ClH.2H/c1-3-5-7-8-6-4-2;;;;;/h1,3-8H2,2H3;;2*1H;;. The molecule has 0 fully saturated rings. The lowest BCUT2D eigenvalue weighted by Crippen LogP contribution is -1.77. The van der Waals surface area contributed by atoms with Crippen molar-refractivity contribution in [1.82, 2.24) is 0 Å². The molecule has 0 aromatic carbocycles. The van der Waals surface area contributed by atoms with E-state index >= 15 is 0 Å². The lowest BCUT2D eigenvalue weighted by atomic mass is 10.1. The van der Waals surface area contributed by atoms with Crippen LogP contribution in [0.1, 0.15) is 45.4 Å². The summed E-state index contributed by atoms with van der Waals surface area (Å²) in [6.45, 7) is 2.27. The average molecular weight is 215 g/mol. The van der Waals surface area contributed by atoms with Crippen LogP contribution in [0.4, 0.5) is 0 Å². The van der Waals surface area contributed by atoms with E-state index in [0.717, 1.165) is 0 Å². The van der Waals surface area contributed by atoms with E-state index in [-0.39, 0.29) is 24.8 Å². The van der Waals surface area contributed by atoms with E-state index in [0.29, 0.717) is 0 Å². The smallest absolute Gasteiger partial charge is 0.147 e. The van der Waals surface area contributed by atoms with Crippen molar-refractivity contribution in [2.24, 2.45) is 0 Å². The minimum atomic E-state index is 0. The number of hydrogen-bond donors (Lipinski definition) is 0. The molecule has 0 aromatic rings. The fraction of sp³-hybridized carbons (Fsp3) is 1.00. The molecule has 0 spiro atoms. The summed E-state index contributed by atoms with van der Waals surface area (Å²) in [7, 11) is 0. The number of hydrogen-bond acceptors (Lipinski definition) is 0. The molecule has 0 unspecified atom stereocenters. The fourth-order valence-corrected chi connectivity index (χ4v) is 1.53. The SMILES string of the molecule is CCCCCCC[CH2][AlH2].Cl.Cl. The zero-order chi connectivity index (χ0) is 6.95. The van der Waals surface area contributed by atoms with Gasteiger partial charge >= 0.3 is 0 Å². The van der Waals surface area contributed by atoms with Gasteiger partial charge in [0, 0.05) is 0 Å². The molecule has 0 radical (unpaired) electrons. The lowest BCUT2D eigenvalue weighted by Gasteiger charge is -1.96. The minimum absolute atomic E-state index is 0. The molecule has 0 aliphatic heterocycles. The zero-order valence-corrected chi connectivity index (χ0v) is 11.4. The molecule has 3 heteroatoms. The molecule has 70 valence electrons. The maximum Gasteiger partial charge on any atom is 0.211 e. The van der Waals surface area contributed by atoms with E-state index < -0.39 is 0 Å². The number of unbranched alkanes of at least 4 members (excludes halogenated alkanes) is 5. The Labute approximate surface area is 91.8 Å². The van der Waals surface area contributed by atoms with Gasteiger partial charge in [0.05, 0.1) is 0 Å². The third kappa shape index (κ3) is 18.2. The highest BCUT2D eigenvalue weighted by molar-refractivity contribution is 6.08. The second kappa shape index (κ2) is 17.3. The molecule has 0 atom stereocenters. The van der Waals surface area contributed by atoms with Crippen molar-refractivity contribution in [3.63, 3.8) is 0 Å². The van der Waals surface area contributed by atoms with Crippen LogP contribution < -0.4 is 0 Å². The minimum Gasteiger partial charge on any atom is -0.147 e. The second-order valence-electron chi connectivity index (χ2n) is 2.77. The molecule has 0 bridgehead atoms. The lowest BCUT2D eigenvalue weighted by molar-refractivity contribution is 0.624. The monoisotopic (exact) mass is 214 g/mol. The zero-order valence-electron chi connectivity index (χ0n) is 7.77. The van der Waals surface area contributed by atoms with Crippen LogP contribution in [0.3, 0.4) is 0 Å². The van der Waals surface area contributed by atoms with Gasteiger partial charge in [0.25, 0.3) is 0 Å². The Balaban J connectivity index is -0.000000320. The molecule has 0 aliphatic carbocycles. The van der Waals surface area contributed by atoms with Crippen molar-refractivity contribution in [2.75, 3.05) is 0 Å². The predicted octanol–water partition coefficient (Wildman–Crippen LogP) is 3.24. The van der Waals surface area contributed by atoms with E-state index in [2.05, 4.69) is 6.92 Å². The fourth-order valence-electron chi connectivity index (χ4n) is 1.03. The Bertz CT molecular complexity index is 45.4. The Morgan fingerprint density at radius 2 is 1.27 bits per heavy atom. The van der Waals surface area contributed by atoms with Crippen molar-refractivity contribution < 1.29 is 0 Å². The molecule has 0 heterocycles. The van der Waals surface area contributed by atoms with Gasteiger partial charge in [0.15, 0.2) is 0 Å². The maximum absolute atomic E-state index is 2.27. The summed E-state index contributed by atoms with van der Waals surface area (Å²) >= 11 is 1.41. The van der Waals surface area contributed by atoms with Crippen molar-refractivity contribution >= 4 is 41.1 Å². The molecular weight excluding hydrogens is 194 g/mol. The molecule has 0 saturated carbocycles. The van der Waals surface area contributed by atoms with Gasteiger partial charge in [0.2, 0.25) is 16.3 Å². The van der Waals surface area contributed by atoms with Gasteiger partial charge in [-0.05, 0) is 0 Å².